The van der Waals surface area contributed by atoms with Crippen molar-refractivity contribution in [3.05, 3.63) is 34.9 Å². The van der Waals surface area contributed by atoms with Crippen molar-refractivity contribution >= 4 is 12.4 Å². The Morgan fingerprint density at radius 2 is 1.81 bits per heavy atom. The van der Waals surface area contributed by atoms with E-state index < -0.39 is 18.6 Å². The number of alkyl halides is 3. The van der Waals surface area contributed by atoms with Crippen molar-refractivity contribution in [3.63, 3.8) is 0 Å². The quantitative estimate of drug-likeness (QED) is 0.914. The number of hydrogen-bond acceptors (Lipinski definition) is 2. The van der Waals surface area contributed by atoms with Crippen LogP contribution < -0.4 is 5.32 Å². The minimum absolute atomic E-state index is 0. The summed E-state index contributed by atoms with van der Waals surface area (Å²) >= 11 is 0. The van der Waals surface area contributed by atoms with Crippen molar-refractivity contribution in [3.8, 4) is 0 Å². The molecule has 2 rings (SSSR count). The van der Waals surface area contributed by atoms with Crippen LogP contribution in [0, 0.1) is 13.8 Å². The molecule has 1 saturated heterocycles. The Hall–Kier alpha value is -0.780. The van der Waals surface area contributed by atoms with Crippen LogP contribution in [0.2, 0.25) is 0 Å². The zero-order chi connectivity index (χ0) is 14.8. The molecular weight excluding hydrogens is 301 g/mol. The van der Waals surface area contributed by atoms with Crippen molar-refractivity contribution in [1.29, 1.82) is 0 Å². The van der Waals surface area contributed by atoms with Crippen molar-refractivity contribution < 1.29 is 13.2 Å². The molecule has 0 spiro atoms. The van der Waals surface area contributed by atoms with E-state index in [1.54, 1.807) is 0 Å². The molecule has 1 aromatic rings. The summed E-state index contributed by atoms with van der Waals surface area (Å²) in [5, 5.41) is 3.19. The number of rotatable bonds is 3. The normalized spacial score (nSPS) is 18.1. The average Bonchev–Trinajstić information content (AvgIpc) is 2.40. The SMILES string of the molecule is Cc1cccc([C@@H](CC(F)(F)F)N2CCNCC2)c1C.Cl. The van der Waals surface area contributed by atoms with Crippen LogP contribution in [0.4, 0.5) is 13.2 Å². The molecule has 1 heterocycles. The monoisotopic (exact) mass is 322 g/mol. The molecule has 0 bridgehead atoms. The van der Waals surface area contributed by atoms with E-state index in [0.29, 0.717) is 13.1 Å². The van der Waals surface area contributed by atoms with Gasteiger partial charge < -0.3 is 5.32 Å². The molecule has 1 aliphatic rings. The molecule has 1 aromatic carbocycles. The Labute approximate surface area is 130 Å². The standard InChI is InChI=1S/C15H21F3N2.ClH/c1-11-4-3-5-13(12(11)2)14(10-15(16,17)18)20-8-6-19-7-9-20;/h3-5,14,19H,6-10H2,1-2H3;1H/t14-;/m1./s1. The van der Waals surface area contributed by atoms with Gasteiger partial charge in [0.2, 0.25) is 0 Å². The number of benzene rings is 1. The van der Waals surface area contributed by atoms with E-state index in [2.05, 4.69) is 5.32 Å². The van der Waals surface area contributed by atoms with Gasteiger partial charge in [-0.25, -0.2) is 0 Å². The maximum atomic E-state index is 12.9. The lowest BCUT2D eigenvalue weighted by Crippen LogP contribution is -2.46. The molecule has 0 aliphatic carbocycles. The largest absolute Gasteiger partial charge is 0.390 e. The van der Waals surface area contributed by atoms with Gasteiger partial charge in [-0.05, 0) is 30.5 Å². The Morgan fingerprint density at radius 1 is 1.19 bits per heavy atom. The van der Waals surface area contributed by atoms with Gasteiger partial charge in [0.15, 0.2) is 0 Å². The molecular formula is C15H22ClF3N2. The third-order valence-corrected chi connectivity index (χ3v) is 4.02. The summed E-state index contributed by atoms with van der Waals surface area (Å²) in [6.07, 6.45) is -4.93. The first kappa shape index (κ1) is 18.3. The summed E-state index contributed by atoms with van der Waals surface area (Å²) in [4.78, 5) is 1.95. The van der Waals surface area contributed by atoms with Gasteiger partial charge in [-0.1, -0.05) is 18.2 Å². The highest BCUT2D eigenvalue weighted by molar-refractivity contribution is 5.85. The highest BCUT2D eigenvalue weighted by Gasteiger charge is 2.36. The van der Waals surface area contributed by atoms with Crippen LogP contribution in [0.1, 0.15) is 29.2 Å². The fraction of sp³-hybridized carbons (Fsp3) is 0.600. The van der Waals surface area contributed by atoms with Crippen molar-refractivity contribution in [1.82, 2.24) is 10.2 Å². The van der Waals surface area contributed by atoms with E-state index in [4.69, 9.17) is 0 Å². The fourth-order valence-corrected chi connectivity index (χ4v) is 2.78. The molecule has 1 aliphatic heterocycles. The van der Waals surface area contributed by atoms with Gasteiger partial charge in [0.25, 0.3) is 0 Å². The maximum absolute atomic E-state index is 12.9. The molecule has 21 heavy (non-hydrogen) atoms. The van der Waals surface area contributed by atoms with Crippen molar-refractivity contribution in [2.24, 2.45) is 0 Å². The third-order valence-electron chi connectivity index (χ3n) is 4.02. The van der Waals surface area contributed by atoms with Crippen LogP contribution in [-0.4, -0.2) is 37.3 Å². The van der Waals surface area contributed by atoms with Crippen LogP contribution in [0.5, 0.6) is 0 Å². The molecule has 2 nitrogen and oxygen atoms in total. The number of nitrogens with one attached hydrogen (secondary N) is 1. The minimum atomic E-state index is -4.15. The van der Waals surface area contributed by atoms with Crippen LogP contribution in [0.25, 0.3) is 0 Å². The predicted octanol–water partition coefficient (Wildman–Crippen LogP) is 3.62. The van der Waals surface area contributed by atoms with Gasteiger partial charge in [0, 0.05) is 32.2 Å². The zero-order valence-corrected chi connectivity index (χ0v) is 13.2. The molecule has 1 atom stereocenters. The predicted molar refractivity (Wildman–Crippen MR) is 81.0 cm³/mol. The first-order valence-electron chi connectivity index (χ1n) is 6.96. The maximum Gasteiger partial charge on any atom is 0.390 e. The van der Waals surface area contributed by atoms with Gasteiger partial charge >= 0.3 is 6.18 Å². The van der Waals surface area contributed by atoms with Crippen molar-refractivity contribution in [2.45, 2.75) is 32.5 Å². The van der Waals surface area contributed by atoms with E-state index in [1.165, 1.54) is 0 Å². The smallest absolute Gasteiger partial charge is 0.314 e. The highest BCUT2D eigenvalue weighted by Crippen LogP contribution is 2.35. The summed E-state index contributed by atoms with van der Waals surface area (Å²) in [7, 11) is 0. The van der Waals surface area contributed by atoms with E-state index >= 15 is 0 Å². The second-order valence-corrected chi connectivity index (χ2v) is 5.41. The second kappa shape index (κ2) is 7.47. The van der Waals surface area contributed by atoms with Gasteiger partial charge in [-0.3, -0.25) is 4.90 Å². The van der Waals surface area contributed by atoms with E-state index in [9.17, 15) is 13.2 Å². The van der Waals surface area contributed by atoms with Gasteiger partial charge in [-0.2, -0.15) is 13.2 Å². The van der Waals surface area contributed by atoms with Crippen LogP contribution in [-0.2, 0) is 0 Å². The molecule has 0 radical (unpaired) electrons. The molecule has 1 N–H and O–H groups in total. The summed E-state index contributed by atoms with van der Waals surface area (Å²) < 4.78 is 38.8. The number of hydrogen-bond donors (Lipinski definition) is 1. The summed E-state index contributed by atoms with van der Waals surface area (Å²) in [6.45, 7) is 6.68. The third kappa shape index (κ3) is 4.87. The lowest BCUT2D eigenvalue weighted by atomic mass is 9.94. The number of halogens is 4. The summed E-state index contributed by atoms with van der Waals surface area (Å²) in [5.74, 6) is 0. The van der Waals surface area contributed by atoms with Gasteiger partial charge in [-0.15, -0.1) is 12.4 Å². The Balaban J connectivity index is 0.00000220. The van der Waals surface area contributed by atoms with Crippen LogP contribution >= 0.6 is 12.4 Å². The number of aryl methyl sites for hydroxylation is 1. The lowest BCUT2D eigenvalue weighted by molar-refractivity contribution is -0.148. The number of nitrogens with zero attached hydrogens (tertiary/aromatic N) is 1. The molecule has 1 fully saturated rings. The van der Waals surface area contributed by atoms with E-state index in [0.717, 1.165) is 29.8 Å². The Morgan fingerprint density at radius 3 is 2.38 bits per heavy atom. The topological polar surface area (TPSA) is 15.3 Å². The fourth-order valence-electron chi connectivity index (χ4n) is 2.78. The number of piperazine rings is 1. The van der Waals surface area contributed by atoms with Crippen molar-refractivity contribution in [2.75, 3.05) is 26.2 Å². The summed E-state index contributed by atoms with van der Waals surface area (Å²) in [5.41, 5.74) is 2.83. The van der Waals surface area contributed by atoms with Crippen LogP contribution in [0.3, 0.4) is 0 Å². The first-order valence-corrected chi connectivity index (χ1v) is 6.96. The van der Waals surface area contributed by atoms with E-state index in [1.807, 2.05) is 36.9 Å². The average molecular weight is 323 g/mol. The van der Waals surface area contributed by atoms with Gasteiger partial charge in [0.1, 0.15) is 0 Å². The lowest BCUT2D eigenvalue weighted by Gasteiger charge is -2.36. The molecule has 120 valence electrons. The Bertz CT molecular complexity index is 457. The highest BCUT2D eigenvalue weighted by atomic mass is 35.5. The molecule has 0 amide bonds. The van der Waals surface area contributed by atoms with E-state index in [-0.39, 0.29) is 12.4 Å². The second-order valence-electron chi connectivity index (χ2n) is 5.41. The molecule has 6 heteroatoms. The molecule has 0 aromatic heterocycles. The minimum Gasteiger partial charge on any atom is -0.314 e. The zero-order valence-electron chi connectivity index (χ0n) is 12.3. The first-order chi connectivity index (χ1) is 9.38. The summed E-state index contributed by atoms with van der Waals surface area (Å²) in [6, 6.07) is 5.06. The Kier molecular flexibility index (Phi) is 6.50. The van der Waals surface area contributed by atoms with Gasteiger partial charge in [0.05, 0.1) is 6.42 Å². The molecule has 0 saturated carbocycles. The van der Waals surface area contributed by atoms with Crippen LogP contribution in [0.15, 0.2) is 18.2 Å². The molecule has 0 unspecified atom stereocenters.